The molecule has 2 aromatic rings. The van der Waals surface area contributed by atoms with E-state index in [-0.39, 0.29) is 24.8 Å². The number of hydrogen-bond acceptors (Lipinski definition) is 4. The van der Waals surface area contributed by atoms with Crippen LogP contribution < -0.4 is 10.2 Å². The second-order valence-electron chi connectivity index (χ2n) is 6.60. The molecule has 1 unspecified atom stereocenters. The van der Waals surface area contributed by atoms with Gasteiger partial charge in [-0.3, -0.25) is 14.5 Å². The van der Waals surface area contributed by atoms with Crippen LogP contribution in [0.25, 0.3) is 0 Å². The van der Waals surface area contributed by atoms with Gasteiger partial charge in [-0.25, -0.2) is 4.39 Å². The summed E-state index contributed by atoms with van der Waals surface area (Å²) in [6.07, 6.45) is 2.64. The Morgan fingerprint density at radius 3 is 2.71 bits per heavy atom. The second-order valence-corrected chi connectivity index (χ2v) is 6.60. The largest absolute Gasteiger partial charge is 0.386 e. The van der Waals surface area contributed by atoms with Gasteiger partial charge in [0.2, 0.25) is 5.91 Å². The summed E-state index contributed by atoms with van der Waals surface area (Å²) < 4.78 is 14.7. The van der Waals surface area contributed by atoms with Crippen LogP contribution in [0.1, 0.15) is 18.6 Å². The zero-order valence-corrected chi connectivity index (χ0v) is 16.0. The van der Waals surface area contributed by atoms with Crippen LogP contribution in [0, 0.1) is 5.82 Å². The number of aliphatic imine (C=N–C) groups is 1. The molecule has 1 fully saturated rings. The molecule has 0 radical (unpaired) electrons. The summed E-state index contributed by atoms with van der Waals surface area (Å²) in [4.78, 5) is 20.6. The average Bonchev–Trinajstić information content (AvgIpc) is 3.11. The summed E-state index contributed by atoms with van der Waals surface area (Å²) in [5.41, 5.74) is 1.37. The van der Waals surface area contributed by atoms with Gasteiger partial charge in [0.25, 0.3) is 0 Å². The number of nitrogens with one attached hydrogen (secondary N) is 1. The van der Waals surface area contributed by atoms with Crippen LogP contribution in [0.2, 0.25) is 0 Å². The SMILES string of the molecule is CCNC(=NCC(O)c1ccc(F)cc1)N1CCN(c2cnn(C)c2)C(=O)C1. The fourth-order valence-corrected chi connectivity index (χ4v) is 3.06. The van der Waals surface area contributed by atoms with Crippen LogP contribution in [0.15, 0.2) is 41.7 Å². The van der Waals surface area contributed by atoms with Crippen molar-refractivity contribution in [3.63, 3.8) is 0 Å². The highest BCUT2D eigenvalue weighted by Crippen LogP contribution is 2.17. The molecule has 2 N–H and O–H groups in total. The Hall–Kier alpha value is -2.94. The molecule has 1 aliphatic heterocycles. The van der Waals surface area contributed by atoms with Crippen LogP contribution in [0.5, 0.6) is 0 Å². The average molecular weight is 388 g/mol. The molecule has 2 heterocycles. The lowest BCUT2D eigenvalue weighted by Gasteiger charge is -2.35. The number of amides is 1. The van der Waals surface area contributed by atoms with Gasteiger partial charge in [-0.1, -0.05) is 12.1 Å². The number of aromatic nitrogens is 2. The molecule has 1 amide bonds. The molecule has 3 rings (SSSR count). The third-order valence-corrected chi connectivity index (χ3v) is 4.53. The first-order valence-electron chi connectivity index (χ1n) is 9.23. The monoisotopic (exact) mass is 388 g/mol. The Bertz CT molecular complexity index is 835. The first kappa shape index (κ1) is 19.8. The molecule has 1 aromatic heterocycles. The summed E-state index contributed by atoms with van der Waals surface area (Å²) in [7, 11) is 1.81. The third kappa shape index (κ3) is 4.66. The first-order chi connectivity index (χ1) is 13.5. The van der Waals surface area contributed by atoms with Crippen LogP contribution in [0.4, 0.5) is 10.1 Å². The number of guanidine groups is 1. The van der Waals surface area contributed by atoms with Crippen molar-refractivity contribution in [2.24, 2.45) is 12.0 Å². The van der Waals surface area contributed by atoms with E-state index >= 15 is 0 Å². The normalized spacial score (nSPS) is 16.4. The van der Waals surface area contributed by atoms with E-state index in [1.807, 2.05) is 25.1 Å². The maximum atomic E-state index is 13.0. The van der Waals surface area contributed by atoms with Gasteiger partial charge in [0, 0.05) is 32.9 Å². The van der Waals surface area contributed by atoms with Crippen molar-refractivity contribution in [3.05, 3.63) is 48.0 Å². The third-order valence-electron chi connectivity index (χ3n) is 4.53. The smallest absolute Gasteiger partial charge is 0.246 e. The van der Waals surface area contributed by atoms with Gasteiger partial charge in [0.15, 0.2) is 5.96 Å². The van der Waals surface area contributed by atoms with Crippen LogP contribution in [-0.2, 0) is 11.8 Å². The lowest BCUT2D eigenvalue weighted by atomic mass is 10.1. The first-order valence-corrected chi connectivity index (χ1v) is 9.23. The molecule has 0 bridgehead atoms. The number of anilines is 1. The van der Waals surface area contributed by atoms with Gasteiger partial charge in [-0.05, 0) is 24.6 Å². The number of rotatable bonds is 5. The molecule has 0 spiro atoms. The van der Waals surface area contributed by atoms with Gasteiger partial charge in [-0.2, -0.15) is 5.10 Å². The molecule has 28 heavy (non-hydrogen) atoms. The molecule has 1 aromatic carbocycles. The Morgan fingerprint density at radius 1 is 1.36 bits per heavy atom. The van der Waals surface area contributed by atoms with Crippen LogP contribution in [-0.4, -0.2) is 64.4 Å². The lowest BCUT2D eigenvalue weighted by molar-refractivity contribution is -0.120. The van der Waals surface area contributed by atoms with Crippen molar-refractivity contribution in [1.29, 1.82) is 0 Å². The minimum absolute atomic E-state index is 0.0380. The molecule has 0 aliphatic carbocycles. The number of aliphatic hydroxyl groups excluding tert-OH is 1. The number of nitrogens with zero attached hydrogens (tertiary/aromatic N) is 5. The van der Waals surface area contributed by atoms with E-state index in [9.17, 15) is 14.3 Å². The summed E-state index contributed by atoms with van der Waals surface area (Å²) >= 11 is 0. The Morgan fingerprint density at radius 2 is 2.11 bits per heavy atom. The number of carbonyl (C=O) groups is 1. The number of carbonyl (C=O) groups excluding carboxylic acids is 1. The highest BCUT2D eigenvalue weighted by molar-refractivity contribution is 5.98. The summed E-state index contributed by atoms with van der Waals surface area (Å²) in [5.74, 6) is 0.185. The van der Waals surface area contributed by atoms with Crippen molar-refractivity contribution in [1.82, 2.24) is 20.0 Å². The second kappa shape index (κ2) is 8.83. The van der Waals surface area contributed by atoms with E-state index < -0.39 is 6.10 Å². The van der Waals surface area contributed by atoms with E-state index in [4.69, 9.17) is 0 Å². The van der Waals surface area contributed by atoms with Crippen molar-refractivity contribution in [2.75, 3.05) is 37.6 Å². The maximum absolute atomic E-state index is 13.0. The number of aryl methyl sites for hydroxylation is 1. The van der Waals surface area contributed by atoms with Crippen LogP contribution >= 0.6 is 0 Å². The highest BCUT2D eigenvalue weighted by Gasteiger charge is 2.27. The summed E-state index contributed by atoms with van der Waals surface area (Å²) in [6, 6.07) is 5.70. The molecule has 9 heteroatoms. The van der Waals surface area contributed by atoms with E-state index in [2.05, 4.69) is 15.4 Å². The van der Waals surface area contributed by atoms with Crippen molar-refractivity contribution >= 4 is 17.6 Å². The minimum atomic E-state index is -0.846. The van der Waals surface area contributed by atoms with E-state index in [0.29, 0.717) is 31.2 Å². The number of halogens is 1. The molecule has 8 nitrogen and oxygen atoms in total. The zero-order chi connectivity index (χ0) is 20.1. The fourth-order valence-electron chi connectivity index (χ4n) is 3.06. The van der Waals surface area contributed by atoms with Crippen LogP contribution in [0.3, 0.4) is 0 Å². The molecular formula is C19H25FN6O2. The predicted octanol–water partition coefficient (Wildman–Crippen LogP) is 0.907. The van der Waals surface area contributed by atoms with Crippen molar-refractivity contribution in [2.45, 2.75) is 13.0 Å². The van der Waals surface area contributed by atoms with E-state index in [0.717, 1.165) is 5.69 Å². The number of hydrogen-bond donors (Lipinski definition) is 2. The molecule has 1 aliphatic rings. The van der Waals surface area contributed by atoms with Gasteiger partial charge >= 0.3 is 0 Å². The van der Waals surface area contributed by atoms with Gasteiger partial charge < -0.3 is 20.2 Å². The van der Waals surface area contributed by atoms with Crippen molar-refractivity contribution in [3.8, 4) is 0 Å². The number of piperazine rings is 1. The van der Waals surface area contributed by atoms with Crippen molar-refractivity contribution < 1.29 is 14.3 Å². The Kier molecular flexibility index (Phi) is 6.25. The van der Waals surface area contributed by atoms with Gasteiger partial charge in [0.05, 0.1) is 24.5 Å². The highest BCUT2D eigenvalue weighted by atomic mass is 19.1. The van der Waals surface area contributed by atoms with Gasteiger partial charge in [0.1, 0.15) is 12.4 Å². The lowest BCUT2D eigenvalue weighted by Crippen LogP contribution is -2.55. The topological polar surface area (TPSA) is 86.0 Å². The molecule has 150 valence electrons. The quantitative estimate of drug-likeness (QED) is 0.587. The molecule has 1 atom stereocenters. The molecule has 1 saturated heterocycles. The Balaban J connectivity index is 1.65. The van der Waals surface area contributed by atoms with Gasteiger partial charge in [-0.15, -0.1) is 0 Å². The summed E-state index contributed by atoms with van der Waals surface area (Å²) in [5, 5.41) is 17.6. The minimum Gasteiger partial charge on any atom is -0.386 e. The number of aliphatic hydroxyl groups is 1. The zero-order valence-electron chi connectivity index (χ0n) is 16.0. The maximum Gasteiger partial charge on any atom is 0.246 e. The predicted molar refractivity (Wildman–Crippen MR) is 104 cm³/mol. The standard InChI is InChI=1S/C19H25FN6O2/c1-3-21-19(22-11-17(27)14-4-6-15(20)7-5-14)25-8-9-26(18(28)13-25)16-10-23-24(2)12-16/h4-7,10,12,17,27H,3,8-9,11,13H2,1-2H3,(H,21,22). The summed E-state index contributed by atoms with van der Waals surface area (Å²) in [6.45, 7) is 4.02. The van der Waals surface area contributed by atoms with E-state index in [1.54, 1.807) is 27.9 Å². The fraction of sp³-hybridized carbons (Fsp3) is 0.421. The molecule has 0 saturated carbocycles. The Labute approximate surface area is 163 Å². The number of benzene rings is 1. The molecular weight excluding hydrogens is 363 g/mol. The van der Waals surface area contributed by atoms with E-state index in [1.165, 1.54) is 12.1 Å².